The number of aldehydes is 1. The van der Waals surface area contributed by atoms with Crippen molar-refractivity contribution in [3.63, 3.8) is 0 Å². The predicted molar refractivity (Wildman–Crippen MR) is 77.6 cm³/mol. The maximum absolute atomic E-state index is 10.4. The third kappa shape index (κ3) is 6.77. The molecule has 0 fully saturated rings. The van der Waals surface area contributed by atoms with E-state index < -0.39 is 0 Å². The molecule has 0 spiro atoms. The summed E-state index contributed by atoms with van der Waals surface area (Å²) in [4.78, 5) is 10.4. The van der Waals surface area contributed by atoms with Gasteiger partial charge in [-0.25, -0.2) is 0 Å². The first-order valence-corrected chi connectivity index (χ1v) is 6.78. The van der Waals surface area contributed by atoms with E-state index >= 15 is 0 Å². The van der Waals surface area contributed by atoms with Gasteiger partial charge in [-0.1, -0.05) is 31.2 Å². The SMILES string of the molecule is CC(C=O)CC=CCCC=CCC(N)c1ccco1. The van der Waals surface area contributed by atoms with Crippen LogP contribution in [0.3, 0.4) is 0 Å². The average Bonchev–Trinajstić information content (AvgIpc) is 2.95. The molecule has 0 aliphatic heterocycles. The monoisotopic (exact) mass is 261 g/mol. The Morgan fingerprint density at radius 2 is 1.89 bits per heavy atom. The van der Waals surface area contributed by atoms with Gasteiger partial charge in [-0.2, -0.15) is 0 Å². The van der Waals surface area contributed by atoms with E-state index in [1.165, 1.54) is 0 Å². The molecule has 104 valence electrons. The van der Waals surface area contributed by atoms with Crippen molar-refractivity contribution in [1.29, 1.82) is 0 Å². The summed E-state index contributed by atoms with van der Waals surface area (Å²) in [5.74, 6) is 0.950. The van der Waals surface area contributed by atoms with E-state index in [2.05, 4.69) is 24.3 Å². The van der Waals surface area contributed by atoms with Crippen LogP contribution in [0.15, 0.2) is 47.1 Å². The molecule has 2 atom stereocenters. The highest BCUT2D eigenvalue weighted by atomic mass is 16.3. The molecule has 0 aliphatic carbocycles. The fourth-order valence-electron chi connectivity index (χ4n) is 1.66. The molecular weight excluding hydrogens is 238 g/mol. The predicted octanol–water partition coefficient (Wildman–Crippen LogP) is 3.79. The van der Waals surface area contributed by atoms with Crippen molar-refractivity contribution in [3.05, 3.63) is 48.5 Å². The van der Waals surface area contributed by atoms with Gasteiger partial charge in [0, 0.05) is 5.92 Å². The molecule has 0 aromatic carbocycles. The van der Waals surface area contributed by atoms with Crippen LogP contribution < -0.4 is 5.73 Å². The largest absolute Gasteiger partial charge is 0.468 e. The lowest BCUT2D eigenvalue weighted by Crippen LogP contribution is -2.07. The Balaban J connectivity index is 2.09. The summed E-state index contributed by atoms with van der Waals surface area (Å²) in [6.07, 6.45) is 14.7. The van der Waals surface area contributed by atoms with Gasteiger partial charge < -0.3 is 14.9 Å². The number of hydrogen-bond donors (Lipinski definition) is 1. The fraction of sp³-hybridized carbons (Fsp3) is 0.438. The van der Waals surface area contributed by atoms with Gasteiger partial charge in [0.25, 0.3) is 0 Å². The van der Waals surface area contributed by atoms with Gasteiger partial charge in [0.2, 0.25) is 0 Å². The number of unbranched alkanes of at least 4 members (excludes halogenated alkanes) is 1. The second kappa shape index (κ2) is 9.34. The van der Waals surface area contributed by atoms with E-state index in [1.54, 1.807) is 6.26 Å². The number of furan rings is 1. The molecule has 0 aliphatic rings. The molecule has 3 nitrogen and oxygen atoms in total. The number of rotatable bonds is 9. The van der Waals surface area contributed by atoms with Gasteiger partial charge in [-0.05, 0) is 37.8 Å². The standard InChI is InChI=1S/C16H23NO2/c1-14(13-18)9-6-4-2-3-5-7-10-15(17)16-11-8-12-19-16/h4-8,11-15H,2-3,9-10,17H2,1H3. The minimum atomic E-state index is -0.0600. The van der Waals surface area contributed by atoms with Crippen LogP contribution in [-0.2, 0) is 4.79 Å². The van der Waals surface area contributed by atoms with Crippen LogP contribution in [0.25, 0.3) is 0 Å². The van der Waals surface area contributed by atoms with E-state index in [-0.39, 0.29) is 12.0 Å². The quantitative estimate of drug-likeness (QED) is 0.418. The van der Waals surface area contributed by atoms with Crippen LogP contribution in [0.1, 0.15) is 44.4 Å². The molecule has 0 amide bonds. The maximum atomic E-state index is 10.4. The molecule has 0 bridgehead atoms. The Labute approximate surface area is 115 Å². The zero-order valence-corrected chi connectivity index (χ0v) is 11.5. The topological polar surface area (TPSA) is 56.2 Å². The molecule has 1 rings (SSSR count). The van der Waals surface area contributed by atoms with Gasteiger partial charge in [0.1, 0.15) is 12.0 Å². The first-order valence-electron chi connectivity index (χ1n) is 6.78. The van der Waals surface area contributed by atoms with Crippen LogP contribution >= 0.6 is 0 Å². The van der Waals surface area contributed by atoms with Crippen LogP contribution in [0.2, 0.25) is 0 Å². The first-order chi connectivity index (χ1) is 9.24. The van der Waals surface area contributed by atoms with Crippen LogP contribution in [0.4, 0.5) is 0 Å². The van der Waals surface area contributed by atoms with Crippen molar-refractivity contribution in [1.82, 2.24) is 0 Å². The van der Waals surface area contributed by atoms with E-state index in [4.69, 9.17) is 10.2 Å². The van der Waals surface area contributed by atoms with Crippen molar-refractivity contribution in [2.45, 2.75) is 38.6 Å². The summed E-state index contributed by atoms with van der Waals surface area (Å²) in [5, 5.41) is 0. The second-order valence-corrected chi connectivity index (χ2v) is 4.73. The maximum Gasteiger partial charge on any atom is 0.123 e. The lowest BCUT2D eigenvalue weighted by Gasteiger charge is -2.03. The zero-order valence-electron chi connectivity index (χ0n) is 11.5. The third-order valence-electron chi connectivity index (χ3n) is 2.87. The number of carbonyl (C=O) groups is 1. The molecule has 0 radical (unpaired) electrons. The highest BCUT2D eigenvalue weighted by Gasteiger charge is 2.05. The lowest BCUT2D eigenvalue weighted by atomic mass is 10.1. The van der Waals surface area contributed by atoms with Crippen LogP contribution in [0, 0.1) is 5.92 Å². The van der Waals surface area contributed by atoms with E-state index in [9.17, 15) is 4.79 Å². The van der Waals surface area contributed by atoms with E-state index in [0.29, 0.717) is 0 Å². The van der Waals surface area contributed by atoms with Gasteiger partial charge in [-0.15, -0.1) is 0 Å². The summed E-state index contributed by atoms with van der Waals surface area (Å²) in [7, 11) is 0. The average molecular weight is 261 g/mol. The van der Waals surface area contributed by atoms with Gasteiger partial charge in [-0.3, -0.25) is 0 Å². The number of hydrogen-bond acceptors (Lipinski definition) is 3. The van der Waals surface area contributed by atoms with Crippen molar-refractivity contribution in [2.75, 3.05) is 0 Å². The number of allylic oxidation sites excluding steroid dienone is 3. The minimum Gasteiger partial charge on any atom is -0.468 e. The molecule has 1 aromatic rings. The normalized spacial score (nSPS) is 15.1. The highest BCUT2D eigenvalue weighted by Crippen LogP contribution is 2.14. The smallest absolute Gasteiger partial charge is 0.123 e. The molecule has 0 saturated carbocycles. The van der Waals surface area contributed by atoms with Crippen LogP contribution in [0.5, 0.6) is 0 Å². The number of carbonyl (C=O) groups excluding carboxylic acids is 1. The molecule has 0 saturated heterocycles. The molecule has 2 unspecified atom stereocenters. The zero-order chi connectivity index (χ0) is 13.9. The van der Waals surface area contributed by atoms with Crippen molar-refractivity contribution in [2.24, 2.45) is 11.7 Å². The summed E-state index contributed by atoms with van der Waals surface area (Å²) in [5.41, 5.74) is 5.96. The van der Waals surface area contributed by atoms with Crippen molar-refractivity contribution < 1.29 is 9.21 Å². The second-order valence-electron chi connectivity index (χ2n) is 4.73. The lowest BCUT2D eigenvalue weighted by molar-refractivity contribution is -0.110. The summed E-state index contributed by atoms with van der Waals surface area (Å²) < 4.78 is 5.24. The Bertz CT molecular complexity index is 393. The Morgan fingerprint density at radius 1 is 1.21 bits per heavy atom. The molecule has 19 heavy (non-hydrogen) atoms. The third-order valence-corrected chi connectivity index (χ3v) is 2.87. The Hall–Kier alpha value is -1.61. The van der Waals surface area contributed by atoms with Crippen molar-refractivity contribution in [3.8, 4) is 0 Å². The van der Waals surface area contributed by atoms with E-state index in [0.717, 1.165) is 37.7 Å². The van der Waals surface area contributed by atoms with Gasteiger partial charge in [0.05, 0.1) is 12.3 Å². The molecule has 3 heteroatoms. The molecule has 1 heterocycles. The summed E-state index contributed by atoms with van der Waals surface area (Å²) >= 11 is 0. The Kier molecular flexibility index (Phi) is 7.59. The first kappa shape index (κ1) is 15.4. The van der Waals surface area contributed by atoms with E-state index in [1.807, 2.05) is 19.1 Å². The molecular formula is C16H23NO2. The summed E-state index contributed by atoms with van der Waals surface area (Å²) in [6.45, 7) is 1.92. The van der Waals surface area contributed by atoms with Crippen LogP contribution in [-0.4, -0.2) is 6.29 Å². The number of nitrogens with two attached hydrogens (primary N) is 1. The summed E-state index contributed by atoms with van der Waals surface area (Å²) in [6, 6.07) is 3.69. The minimum absolute atomic E-state index is 0.0600. The van der Waals surface area contributed by atoms with Gasteiger partial charge in [0.15, 0.2) is 0 Å². The molecule has 2 N–H and O–H groups in total. The Morgan fingerprint density at radius 3 is 2.47 bits per heavy atom. The fourth-order valence-corrected chi connectivity index (χ4v) is 1.66. The highest BCUT2D eigenvalue weighted by molar-refractivity contribution is 5.52. The van der Waals surface area contributed by atoms with Crippen molar-refractivity contribution >= 4 is 6.29 Å². The van der Waals surface area contributed by atoms with Gasteiger partial charge >= 0.3 is 0 Å². The molecule has 1 aromatic heterocycles.